The molecule has 13 heteroatoms. The molecule has 4 unspecified atom stereocenters. The zero-order valence-electron chi connectivity index (χ0n) is 21.4. The first kappa shape index (κ1) is 30.3. The standard InChI is InChI=1S/C27H28NO11.Pt/c1-10-22(31)13(28)6-17(38-10)39-15-8-27(36,16(30)9-29)7-12-19(15)26(35)21-20(24(12)33)23(32)11-4-3-5-14(37-2)18(11)25(21)34;/h3-5,10,13,15,17,22,28-29,31,33,35-36H,6-9H2,1-2H3;/q-1;/t10?,13?,15-,17?,22?,27-;/m0./s1. The van der Waals surface area contributed by atoms with Crippen LogP contribution >= 0.6 is 0 Å². The van der Waals surface area contributed by atoms with Gasteiger partial charge < -0.3 is 45.5 Å². The molecule has 0 amide bonds. The van der Waals surface area contributed by atoms with Crippen molar-refractivity contribution in [3.8, 4) is 17.2 Å². The average molecular weight is 738 g/mol. The number of aliphatic hydroxyl groups excluding tert-OH is 2. The van der Waals surface area contributed by atoms with Crippen LogP contribution < -0.4 is 4.74 Å². The number of nitrogens with one attached hydrogen (secondary N) is 1. The number of ether oxygens (including phenoxy) is 3. The summed E-state index contributed by atoms with van der Waals surface area (Å²) < 4.78 is 16.9. The van der Waals surface area contributed by atoms with Crippen molar-refractivity contribution in [3.63, 3.8) is 0 Å². The van der Waals surface area contributed by atoms with Crippen LogP contribution in [0.15, 0.2) is 18.2 Å². The molecule has 1 fully saturated rings. The van der Waals surface area contributed by atoms with Crippen LogP contribution in [-0.4, -0.2) is 86.7 Å². The molecule has 0 aromatic heterocycles. The minimum atomic E-state index is -2.26. The number of hydrogen-bond donors (Lipinski definition) is 5. The summed E-state index contributed by atoms with van der Waals surface area (Å²) in [4.78, 5) is 39.7. The molecule has 40 heavy (non-hydrogen) atoms. The number of ketones is 3. The molecule has 0 saturated carbocycles. The Kier molecular flexibility index (Phi) is 8.28. The molecule has 0 radical (unpaired) electrons. The third-order valence-corrected chi connectivity index (χ3v) is 7.76. The Labute approximate surface area is 242 Å². The normalized spacial score (nSPS) is 29.1. The van der Waals surface area contributed by atoms with Gasteiger partial charge in [-0.15, -0.1) is 6.04 Å². The maximum Gasteiger partial charge on any atom is 0.202 e. The first-order valence-electron chi connectivity index (χ1n) is 12.4. The summed E-state index contributed by atoms with van der Waals surface area (Å²) in [5.41, 5.74) is 4.39. The second kappa shape index (κ2) is 10.9. The fourth-order valence-electron chi connectivity index (χ4n) is 5.71. The molecule has 0 spiro atoms. The fourth-order valence-corrected chi connectivity index (χ4v) is 5.71. The molecule has 5 rings (SSSR count). The van der Waals surface area contributed by atoms with Crippen molar-refractivity contribution in [2.75, 3.05) is 13.7 Å². The zero-order valence-corrected chi connectivity index (χ0v) is 23.7. The molecular weight excluding hydrogens is 709 g/mol. The third kappa shape index (κ3) is 4.57. The number of phenols is 2. The predicted molar refractivity (Wildman–Crippen MR) is 132 cm³/mol. The van der Waals surface area contributed by atoms with Crippen LogP contribution in [0, 0.1) is 0 Å². The van der Waals surface area contributed by atoms with E-state index in [9.17, 15) is 39.9 Å². The van der Waals surface area contributed by atoms with Gasteiger partial charge in [-0.05, 0) is 19.4 Å². The molecule has 218 valence electrons. The van der Waals surface area contributed by atoms with E-state index in [2.05, 4.69) is 0 Å². The number of benzene rings is 2. The topological polar surface area (TPSA) is 204 Å². The molecule has 3 aliphatic rings. The molecule has 6 N–H and O–H groups in total. The van der Waals surface area contributed by atoms with E-state index < -0.39 is 95.7 Å². The van der Waals surface area contributed by atoms with Crippen molar-refractivity contribution in [3.05, 3.63) is 57.3 Å². The van der Waals surface area contributed by atoms with Crippen LogP contribution in [0.25, 0.3) is 5.73 Å². The van der Waals surface area contributed by atoms with E-state index in [4.69, 9.17) is 19.9 Å². The molecule has 2 aromatic carbocycles. The quantitative estimate of drug-likeness (QED) is 0.235. The third-order valence-electron chi connectivity index (χ3n) is 7.76. The van der Waals surface area contributed by atoms with Gasteiger partial charge in [-0.1, -0.05) is 12.1 Å². The van der Waals surface area contributed by atoms with Crippen molar-refractivity contribution < 1.29 is 75.2 Å². The Morgan fingerprint density at radius 3 is 2.45 bits per heavy atom. The molecule has 6 atom stereocenters. The number of rotatable bonds is 5. The van der Waals surface area contributed by atoms with E-state index in [0.29, 0.717) is 0 Å². The summed E-state index contributed by atoms with van der Waals surface area (Å²) in [6.07, 6.45) is -5.53. The Morgan fingerprint density at radius 2 is 1.82 bits per heavy atom. The molecule has 1 aliphatic heterocycles. The van der Waals surface area contributed by atoms with Crippen LogP contribution in [0.2, 0.25) is 0 Å². The van der Waals surface area contributed by atoms with E-state index in [-0.39, 0.29) is 55.5 Å². The van der Waals surface area contributed by atoms with Gasteiger partial charge in [-0.2, -0.15) is 0 Å². The van der Waals surface area contributed by atoms with E-state index in [0.717, 1.165) is 0 Å². The zero-order chi connectivity index (χ0) is 28.4. The summed E-state index contributed by atoms with van der Waals surface area (Å²) in [6, 6.07) is 3.37. The smallest absolute Gasteiger partial charge is 0.202 e. The van der Waals surface area contributed by atoms with Crippen LogP contribution in [0.3, 0.4) is 0 Å². The summed E-state index contributed by atoms with van der Waals surface area (Å²) in [7, 11) is 1.32. The number of aromatic hydroxyl groups is 2. The second-order valence-electron chi connectivity index (χ2n) is 10.1. The van der Waals surface area contributed by atoms with Crippen LogP contribution in [0.1, 0.15) is 68.8 Å². The van der Waals surface area contributed by atoms with Gasteiger partial charge in [0, 0.05) is 50.6 Å². The van der Waals surface area contributed by atoms with E-state index in [1.165, 1.54) is 32.2 Å². The van der Waals surface area contributed by atoms with Crippen molar-refractivity contribution >= 4 is 17.3 Å². The van der Waals surface area contributed by atoms with Gasteiger partial charge in [0.15, 0.2) is 17.9 Å². The molecule has 12 nitrogen and oxygen atoms in total. The first-order valence-corrected chi connectivity index (χ1v) is 12.4. The molecular formula is C27H28NO11Pt-. The molecule has 2 aromatic rings. The number of aliphatic hydroxyl groups is 3. The van der Waals surface area contributed by atoms with Gasteiger partial charge >= 0.3 is 0 Å². The van der Waals surface area contributed by atoms with E-state index in [1.807, 2.05) is 0 Å². The largest absolute Gasteiger partial charge is 0.672 e. The molecule has 1 saturated heterocycles. The van der Waals surface area contributed by atoms with Gasteiger partial charge in [-0.3, -0.25) is 14.4 Å². The first-order chi connectivity index (χ1) is 18.4. The molecule has 0 bridgehead atoms. The van der Waals surface area contributed by atoms with E-state index in [1.54, 1.807) is 0 Å². The van der Waals surface area contributed by atoms with Gasteiger partial charge in [0.25, 0.3) is 0 Å². The fraction of sp³-hybridized carbons (Fsp3) is 0.444. The van der Waals surface area contributed by atoms with Crippen molar-refractivity contribution in [2.45, 2.75) is 62.4 Å². The minimum Gasteiger partial charge on any atom is -0.672 e. The number of phenolic OH excluding ortho intramolecular Hbond substituents is 2. The average Bonchev–Trinajstić information content (AvgIpc) is 2.90. The second-order valence-corrected chi connectivity index (χ2v) is 10.1. The van der Waals surface area contributed by atoms with Gasteiger partial charge in [0.1, 0.15) is 29.5 Å². The number of methoxy groups -OCH3 is 1. The maximum atomic E-state index is 13.6. The van der Waals surface area contributed by atoms with Crippen molar-refractivity contribution in [1.29, 1.82) is 0 Å². The number of hydrogen-bond acceptors (Lipinski definition) is 11. The molecule has 1 heterocycles. The Balaban J connectivity index is 0.00000370. The Hall–Kier alpha value is -2.70. The summed E-state index contributed by atoms with van der Waals surface area (Å²) >= 11 is 0. The number of carbonyl (C=O) groups is 3. The van der Waals surface area contributed by atoms with E-state index >= 15 is 0 Å². The van der Waals surface area contributed by atoms with Crippen molar-refractivity contribution in [2.24, 2.45) is 0 Å². The van der Waals surface area contributed by atoms with Gasteiger partial charge in [-0.25, -0.2) is 0 Å². The number of fused-ring (bicyclic) bond motifs is 3. The predicted octanol–water partition coefficient (Wildman–Crippen LogP) is 1.09. The van der Waals surface area contributed by atoms with Gasteiger partial charge in [0.05, 0.1) is 42.1 Å². The number of Topliss-reactive ketones (excluding diaryl/α,β-unsaturated/α-hetero) is 1. The Bertz CT molecular complexity index is 1380. The van der Waals surface area contributed by atoms with Crippen molar-refractivity contribution in [1.82, 2.24) is 0 Å². The maximum absolute atomic E-state index is 13.6. The Morgan fingerprint density at radius 1 is 1.15 bits per heavy atom. The van der Waals surface area contributed by atoms with Crippen LogP contribution in [0.4, 0.5) is 0 Å². The minimum absolute atomic E-state index is 0. The van der Waals surface area contributed by atoms with Crippen LogP contribution in [-0.2, 0) is 41.8 Å². The van der Waals surface area contributed by atoms with Gasteiger partial charge in [0.2, 0.25) is 5.78 Å². The summed E-state index contributed by atoms with van der Waals surface area (Å²) in [5.74, 6) is -3.84. The summed E-state index contributed by atoms with van der Waals surface area (Å²) in [6.45, 7) is 0.510. The monoisotopic (exact) mass is 737 g/mol. The number of carbonyl (C=O) groups excluding carboxylic acids is 3. The summed E-state index contributed by atoms with van der Waals surface area (Å²) in [5, 5.41) is 53.6. The molecule has 2 aliphatic carbocycles. The SMILES string of the molecule is COc1cccc2c1C(=O)c1c(O)c3c(c(O)c1C2=O)C[C@@](O)(C(=O)CO)C[C@@H]3OC1CC([NH-])C(O)C(C)O1.[Pt]. The van der Waals surface area contributed by atoms with Crippen LogP contribution in [0.5, 0.6) is 17.2 Å².